The molecule has 0 bridgehead atoms. The maximum Gasteiger partial charge on any atom is 0.340 e. The summed E-state index contributed by atoms with van der Waals surface area (Å²) in [5, 5.41) is 2.85. The number of anilines is 1. The van der Waals surface area contributed by atoms with E-state index in [4.69, 9.17) is 16.3 Å². The second-order valence-corrected chi connectivity index (χ2v) is 6.12. The van der Waals surface area contributed by atoms with Crippen molar-refractivity contribution in [2.24, 2.45) is 0 Å². The minimum atomic E-state index is -0.701. The number of nitrogens with zero attached hydrogens (tertiary/aromatic N) is 1. The molecular formula is C21H15ClN2O4. The molecule has 3 aromatic rings. The van der Waals surface area contributed by atoms with Crippen LogP contribution in [0.3, 0.4) is 0 Å². The first kappa shape index (κ1) is 19.3. The zero-order valence-corrected chi connectivity index (χ0v) is 15.3. The zero-order chi connectivity index (χ0) is 19.9. The highest BCUT2D eigenvalue weighted by Crippen LogP contribution is 2.19. The number of aromatic nitrogens is 1. The molecule has 1 heterocycles. The Bertz CT molecular complexity index is 1000. The van der Waals surface area contributed by atoms with Crippen molar-refractivity contribution < 1.29 is 19.1 Å². The van der Waals surface area contributed by atoms with Crippen LogP contribution in [0, 0.1) is 0 Å². The van der Waals surface area contributed by atoms with Gasteiger partial charge in [-0.15, -0.1) is 0 Å². The SMILES string of the molecule is O=C(COC(=O)c1ccc(Cl)nc1)Nc1ccccc1C(=O)c1ccccc1. The quantitative estimate of drug-likeness (QED) is 0.391. The van der Waals surface area contributed by atoms with Crippen molar-refractivity contribution >= 4 is 34.9 Å². The molecule has 0 spiro atoms. The molecule has 0 fully saturated rings. The topological polar surface area (TPSA) is 85.4 Å². The van der Waals surface area contributed by atoms with Crippen LogP contribution in [0.15, 0.2) is 72.9 Å². The lowest BCUT2D eigenvalue weighted by Gasteiger charge is -2.11. The van der Waals surface area contributed by atoms with E-state index >= 15 is 0 Å². The summed E-state index contributed by atoms with van der Waals surface area (Å²) in [7, 11) is 0. The van der Waals surface area contributed by atoms with Gasteiger partial charge in [0.05, 0.1) is 11.3 Å². The Balaban J connectivity index is 1.65. The molecule has 7 heteroatoms. The Hall–Kier alpha value is -3.51. The minimum absolute atomic E-state index is 0.178. The number of amides is 1. The van der Waals surface area contributed by atoms with Crippen molar-refractivity contribution in [3.63, 3.8) is 0 Å². The molecule has 0 aliphatic carbocycles. The van der Waals surface area contributed by atoms with Gasteiger partial charge in [0.15, 0.2) is 12.4 Å². The van der Waals surface area contributed by atoms with E-state index < -0.39 is 18.5 Å². The maximum atomic E-state index is 12.7. The van der Waals surface area contributed by atoms with Gasteiger partial charge in [-0.2, -0.15) is 0 Å². The van der Waals surface area contributed by atoms with E-state index in [1.807, 2.05) is 6.07 Å². The summed E-state index contributed by atoms with van der Waals surface area (Å²) >= 11 is 5.66. The molecule has 1 N–H and O–H groups in total. The average molecular weight is 395 g/mol. The van der Waals surface area contributed by atoms with Crippen LogP contribution in [0.5, 0.6) is 0 Å². The molecule has 3 rings (SSSR count). The van der Waals surface area contributed by atoms with Crippen LogP contribution in [0.4, 0.5) is 5.69 Å². The monoisotopic (exact) mass is 394 g/mol. The molecule has 1 aromatic heterocycles. The molecule has 28 heavy (non-hydrogen) atoms. The van der Waals surface area contributed by atoms with Crippen LogP contribution >= 0.6 is 11.6 Å². The van der Waals surface area contributed by atoms with Crippen LogP contribution in [0.25, 0.3) is 0 Å². The third-order valence-electron chi connectivity index (χ3n) is 3.78. The lowest BCUT2D eigenvalue weighted by molar-refractivity contribution is -0.119. The van der Waals surface area contributed by atoms with Gasteiger partial charge in [0.2, 0.25) is 0 Å². The van der Waals surface area contributed by atoms with Crippen molar-refractivity contribution in [3.8, 4) is 0 Å². The predicted octanol–water partition coefficient (Wildman–Crippen LogP) is 3.76. The van der Waals surface area contributed by atoms with Gasteiger partial charge in [-0.1, -0.05) is 54.1 Å². The van der Waals surface area contributed by atoms with Gasteiger partial charge in [-0.25, -0.2) is 9.78 Å². The Morgan fingerprint density at radius 2 is 1.61 bits per heavy atom. The van der Waals surface area contributed by atoms with Crippen molar-refractivity contribution in [1.29, 1.82) is 0 Å². The lowest BCUT2D eigenvalue weighted by Crippen LogP contribution is -2.22. The summed E-state index contributed by atoms with van der Waals surface area (Å²) in [6, 6.07) is 18.3. The molecule has 6 nitrogen and oxygen atoms in total. The zero-order valence-electron chi connectivity index (χ0n) is 14.6. The number of para-hydroxylation sites is 1. The van der Waals surface area contributed by atoms with Crippen LogP contribution < -0.4 is 5.32 Å². The highest BCUT2D eigenvalue weighted by atomic mass is 35.5. The van der Waals surface area contributed by atoms with Crippen LogP contribution in [-0.2, 0) is 9.53 Å². The number of carbonyl (C=O) groups excluding carboxylic acids is 3. The van der Waals surface area contributed by atoms with Gasteiger partial charge in [0.1, 0.15) is 5.15 Å². The number of carbonyl (C=O) groups is 3. The van der Waals surface area contributed by atoms with Gasteiger partial charge in [-0.3, -0.25) is 9.59 Å². The maximum absolute atomic E-state index is 12.7. The normalized spacial score (nSPS) is 10.2. The van der Waals surface area contributed by atoms with Gasteiger partial charge in [-0.05, 0) is 24.3 Å². The highest BCUT2D eigenvalue weighted by molar-refractivity contribution is 6.29. The van der Waals surface area contributed by atoms with Gasteiger partial charge < -0.3 is 10.1 Å². The summed E-state index contributed by atoms with van der Waals surface area (Å²) in [6.45, 7) is -0.505. The Kier molecular flexibility index (Phi) is 6.14. The van der Waals surface area contributed by atoms with Gasteiger partial charge in [0, 0.05) is 17.3 Å². The Morgan fingerprint density at radius 1 is 0.893 bits per heavy atom. The number of halogens is 1. The first-order valence-electron chi connectivity index (χ1n) is 8.32. The molecule has 140 valence electrons. The van der Waals surface area contributed by atoms with E-state index in [-0.39, 0.29) is 16.5 Å². The second kappa shape index (κ2) is 8.92. The molecule has 1 amide bonds. The predicted molar refractivity (Wildman–Crippen MR) is 104 cm³/mol. The van der Waals surface area contributed by atoms with Crippen molar-refractivity contribution in [1.82, 2.24) is 4.98 Å². The first-order valence-corrected chi connectivity index (χ1v) is 8.69. The van der Waals surface area contributed by atoms with E-state index in [0.717, 1.165) is 0 Å². The molecule has 0 radical (unpaired) electrons. The first-order chi connectivity index (χ1) is 13.5. The number of ketones is 1. The van der Waals surface area contributed by atoms with Crippen LogP contribution in [0.2, 0.25) is 5.15 Å². The summed E-state index contributed by atoms with van der Waals surface area (Å²) < 4.78 is 4.97. The Labute approximate surface area is 166 Å². The Morgan fingerprint density at radius 3 is 2.32 bits per heavy atom. The smallest absolute Gasteiger partial charge is 0.340 e. The van der Waals surface area contributed by atoms with Crippen molar-refractivity contribution in [2.75, 3.05) is 11.9 Å². The van der Waals surface area contributed by atoms with Crippen LogP contribution in [-0.4, -0.2) is 29.3 Å². The van der Waals surface area contributed by atoms with Gasteiger partial charge in [0.25, 0.3) is 5.91 Å². The average Bonchev–Trinajstić information content (AvgIpc) is 2.73. The number of pyridine rings is 1. The van der Waals surface area contributed by atoms with Crippen molar-refractivity contribution in [3.05, 3.63) is 94.8 Å². The fourth-order valence-electron chi connectivity index (χ4n) is 2.43. The van der Waals surface area contributed by atoms with Gasteiger partial charge >= 0.3 is 5.97 Å². The third kappa shape index (κ3) is 4.81. The number of benzene rings is 2. The molecule has 2 aromatic carbocycles. The van der Waals surface area contributed by atoms with E-state index in [2.05, 4.69) is 10.3 Å². The van der Waals surface area contributed by atoms with E-state index in [1.165, 1.54) is 18.3 Å². The summed E-state index contributed by atoms with van der Waals surface area (Å²) in [5.74, 6) is -1.49. The minimum Gasteiger partial charge on any atom is -0.452 e. The molecule has 0 aliphatic rings. The van der Waals surface area contributed by atoms with Crippen molar-refractivity contribution in [2.45, 2.75) is 0 Å². The van der Waals surface area contributed by atoms with E-state index in [9.17, 15) is 14.4 Å². The molecule has 0 aliphatic heterocycles. The number of ether oxygens (including phenoxy) is 1. The highest BCUT2D eigenvalue weighted by Gasteiger charge is 2.16. The standard InChI is InChI=1S/C21H15ClN2O4/c22-18-11-10-15(12-23-18)21(27)28-13-19(25)24-17-9-5-4-8-16(17)20(26)14-6-2-1-3-7-14/h1-12H,13H2,(H,24,25). The summed E-state index contributed by atoms with van der Waals surface area (Å²) in [4.78, 5) is 40.6. The summed E-state index contributed by atoms with van der Waals surface area (Å²) in [6.07, 6.45) is 1.26. The number of nitrogens with one attached hydrogen (secondary N) is 1. The number of hydrogen-bond acceptors (Lipinski definition) is 5. The van der Waals surface area contributed by atoms with Crippen LogP contribution in [0.1, 0.15) is 26.3 Å². The largest absolute Gasteiger partial charge is 0.452 e. The summed E-state index contributed by atoms with van der Waals surface area (Å²) in [5.41, 5.74) is 1.36. The molecular weight excluding hydrogens is 380 g/mol. The third-order valence-corrected chi connectivity index (χ3v) is 4.00. The fourth-order valence-corrected chi connectivity index (χ4v) is 2.54. The second-order valence-electron chi connectivity index (χ2n) is 5.73. The molecule has 0 unspecified atom stereocenters. The van der Waals surface area contributed by atoms with E-state index in [1.54, 1.807) is 48.5 Å². The van der Waals surface area contributed by atoms with E-state index in [0.29, 0.717) is 16.8 Å². The fraction of sp³-hybridized carbons (Fsp3) is 0.0476. The number of rotatable bonds is 6. The molecule has 0 saturated heterocycles. The number of esters is 1. The molecule has 0 saturated carbocycles. The number of hydrogen-bond donors (Lipinski definition) is 1. The lowest BCUT2D eigenvalue weighted by atomic mass is 10.0. The molecule has 0 atom stereocenters.